The molecular weight excluding hydrogens is 409 g/mol. The van der Waals surface area contributed by atoms with Crippen molar-refractivity contribution in [3.8, 4) is 0 Å². The molecule has 0 saturated carbocycles. The molecule has 0 atom stereocenters. The van der Waals surface area contributed by atoms with E-state index < -0.39 is 0 Å². The second-order valence-corrected chi connectivity index (χ2v) is 8.13. The number of amides is 1. The Bertz CT molecular complexity index is 811. The molecule has 4 rings (SSSR count). The average Bonchev–Trinajstić information content (AvgIpc) is 2.74. The summed E-state index contributed by atoms with van der Waals surface area (Å²) in [6.45, 7) is 4.89. The maximum Gasteiger partial charge on any atom is 0.272 e. The first kappa shape index (κ1) is 22.0. The minimum Gasteiger partial charge on any atom is -0.371 e. The normalized spacial score (nSPS) is 19.0. The van der Waals surface area contributed by atoms with Gasteiger partial charge in [0.05, 0.1) is 18.8 Å². The molecule has 3 heterocycles. The van der Waals surface area contributed by atoms with Gasteiger partial charge in [-0.25, -0.2) is 0 Å². The molecule has 1 aromatic carbocycles. The number of carbonyl (C=O) groups is 1. The fraction of sp³-hybridized carbons (Fsp3) is 0.455. The first-order valence-electron chi connectivity index (χ1n) is 9.95. The number of morpholine rings is 1. The van der Waals surface area contributed by atoms with Gasteiger partial charge in [0.2, 0.25) is 0 Å². The number of benzene rings is 1. The average molecular weight is 436 g/mol. The second kappa shape index (κ2) is 9.90. The van der Waals surface area contributed by atoms with Gasteiger partial charge in [-0.15, -0.1) is 12.4 Å². The first-order chi connectivity index (χ1) is 13.6. The van der Waals surface area contributed by atoms with E-state index in [1.54, 1.807) is 18.3 Å². The SMILES string of the molecule is Cl.O=C(c1cc(Cl)ccn1)N1CCOC2(CCN(CCc3ccccc3)CC2)C1. The molecule has 2 aliphatic rings. The Hall–Kier alpha value is -1.66. The van der Waals surface area contributed by atoms with Crippen molar-refractivity contribution < 1.29 is 9.53 Å². The quantitative estimate of drug-likeness (QED) is 0.733. The minimum atomic E-state index is -0.226. The molecule has 7 heteroatoms. The van der Waals surface area contributed by atoms with Crippen LogP contribution in [0.1, 0.15) is 28.9 Å². The van der Waals surface area contributed by atoms with Crippen LogP contribution >= 0.6 is 24.0 Å². The number of hydrogen-bond donors (Lipinski definition) is 0. The van der Waals surface area contributed by atoms with Gasteiger partial charge in [-0.2, -0.15) is 0 Å². The van der Waals surface area contributed by atoms with Gasteiger partial charge in [0.25, 0.3) is 5.91 Å². The Labute approximate surface area is 183 Å². The molecule has 2 aliphatic heterocycles. The molecule has 0 bridgehead atoms. The molecule has 1 spiro atoms. The van der Waals surface area contributed by atoms with Crippen LogP contribution in [0.5, 0.6) is 0 Å². The van der Waals surface area contributed by atoms with Crippen LogP contribution in [0.2, 0.25) is 5.02 Å². The van der Waals surface area contributed by atoms with Crippen LogP contribution in [0.15, 0.2) is 48.7 Å². The van der Waals surface area contributed by atoms with E-state index in [0.717, 1.165) is 38.9 Å². The fourth-order valence-electron chi connectivity index (χ4n) is 4.12. The molecule has 2 aromatic rings. The summed E-state index contributed by atoms with van der Waals surface area (Å²) < 4.78 is 6.19. The monoisotopic (exact) mass is 435 g/mol. The van der Waals surface area contributed by atoms with Gasteiger partial charge in [0.1, 0.15) is 5.69 Å². The van der Waals surface area contributed by atoms with Crippen LogP contribution < -0.4 is 0 Å². The third-order valence-electron chi connectivity index (χ3n) is 5.80. The van der Waals surface area contributed by atoms with Gasteiger partial charge >= 0.3 is 0 Å². The number of nitrogens with zero attached hydrogens (tertiary/aromatic N) is 3. The molecule has 2 fully saturated rings. The van der Waals surface area contributed by atoms with Gasteiger partial charge < -0.3 is 14.5 Å². The number of piperidine rings is 1. The van der Waals surface area contributed by atoms with Crippen LogP contribution in [-0.4, -0.2) is 65.6 Å². The summed E-state index contributed by atoms with van der Waals surface area (Å²) in [5, 5.41) is 0.535. The van der Waals surface area contributed by atoms with E-state index in [1.807, 2.05) is 4.90 Å². The summed E-state index contributed by atoms with van der Waals surface area (Å²) in [4.78, 5) is 21.4. The van der Waals surface area contributed by atoms with Crippen molar-refractivity contribution in [1.82, 2.24) is 14.8 Å². The van der Waals surface area contributed by atoms with Crippen LogP contribution in [0.3, 0.4) is 0 Å². The predicted octanol–water partition coefficient (Wildman–Crippen LogP) is 3.71. The van der Waals surface area contributed by atoms with E-state index in [1.165, 1.54) is 5.56 Å². The molecule has 5 nitrogen and oxygen atoms in total. The zero-order chi connectivity index (χ0) is 19.4. The summed E-state index contributed by atoms with van der Waals surface area (Å²) in [5.74, 6) is -0.0586. The Morgan fingerprint density at radius 2 is 1.90 bits per heavy atom. The van der Waals surface area contributed by atoms with Crippen LogP contribution in [0.4, 0.5) is 0 Å². The van der Waals surface area contributed by atoms with Crippen molar-refractivity contribution in [3.05, 3.63) is 64.9 Å². The number of halogens is 2. The van der Waals surface area contributed by atoms with E-state index in [2.05, 4.69) is 40.2 Å². The standard InChI is InChI=1S/C22H26ClN3O2.ClH/c23-19-6-10-24-20(16-19)21(27)26-14-15-28-22(17-26)8-12-25(13-9-22)11-7-18-4-2-1-3-5-18;/h1-6,10,16H,7-9,11-15,17H2;1H. The molecule has 29 heavy (non-hydrogen) atoms. The maximum atomic E-state index is 12.8. The van der Waals surface area contributed by atoms with Crippen LogP contribution in [-0.2, 0) is 11.2 Å². The number of carbonyl (C=O) groups excluding carboxylic acids is 1. The molecule has 2 saturated heterocycles. The van der Waals surface area contributed by atoms with Crippen molar-refractivity contribution in [1.29, 1.82) is 0 Å². The highest BCUT2D eigenvalue weighted by atomic mass is 35.5. The van der Waals surface area contributed by atoms with E-state index >= 15 is 0 Å². The summed E-state index contributed by atoms with van der Waals surface area (Å²) in [6, 6.07) is 13.9. The van der Waals surface area contributed by atoms with Crippen molar-refractivity contribution in [2.24, 2.45) is 0 Å². The van der Waals surface area contributed by atoms with E-state index in [-0.39, 0.29) is 23.9 Å². The lowest BCUT2D eigenvalue weighted by molar-refractivity contribution is -0.127. The number of hydrogen-bond acceptors (Lipinski definition) is 4. The number of likely N-dealkylation sites (tertiary alicyclic amines) is 1. The Balaban J connectivity index is 0.00000240. The van der Waals surface area contributed by atoms with E-state index in [4.69, 9.17) is 16.3 Å². The number of aromatic nitrogens is 1. The fourth-order valence-corrected chi connectivity index (χ4v) is 4.28. The van der Waals surface area contributed by atoms with Gasteiger partial charge in [-0.3, -0.25) is 9.78 Å². The van der Waals surface area contributed by atoms with E-state index in [0.29, 0.717) is 30.4 Å². The predicted molar refractivity (Wildman–Crippen MR) is 117 cm³/mol. The molecule has 1 aromatic heterocycles. The summed E-state index contributed by atoms with van der Waals surface area (Å²) >= 11 is 6.02. The largest absolute Gasteiger partial charge is 0.371 e. The van der Waals surface area contributed by atoms with Gasteiger partial charge in [-0.1, -0.05) is 41.9 Å². The zero-order valence-corrected chi connectivity index (χ0v) is 18.0. The lowest BCUT2D eigenvalue weighted by Gasteiger charge is -2.47. The molecule has 0 N–H and O–H groups in total. The first-order valence-corrected chi connectivity index (χ1v) is 10.3. The number of ether oxygens (including phenoxy) is 1. The molecule has 0 aliphatic carbocycles. The Kier molecular flexibility index (Phi) is 7.52. The highest BCUT2D eigenvalue weighted by Crippen LogP contribution is 2.31. The Morgan fingerprint density at radius 3 is 2.62 bits per heavy atom. The molecular formula is C22H27Cl2N3O2. The van der Waals surface area contributed by atoms with Crippen molar-refractivity contribution in [3.63, 3.8) is 0 Å². The Morgan fingerprint density at radius 1 is 1.14 bits per heavy atom. The third kappa shape index (κ3) is 5.48. The van der Waals surface area contributed by atoms with Crippen molar-refractivity contribution in [2.45, 2.75) is 24.9 Å². The van der Waals surface area contributed by atoms with Crippen LogP contribution in [0, 0.1) is 0 Å². The molecule has 0 radical (unpaired) electrons. The van der Waals surface area contributed by atoms with Gasteiger partial charge in [0.15, 0.2) is 0 Å². The highest BCUT2D eigenvalue weighted by Gasteiger charge is 2.41. The third-order valence-corrected chi connectivity index (χ3v) is 6.04. The second-order valence-electron chi connectivity index (χ2n) is 7.69. The topological polar surface area (TPSA) is 45.7 Å². The van der Waals surface area contributed by atoms with Crippen molar-refractivity contribution in [2.75, 3.05) is 39.3 Å². The lowest BCUT2D eigenvalue weighted by Crippen LogP contribution is -2.58. The summed E-state index contributed by atoms with van der Waals surface area (Å²) in [5.41, 5.74) is 1.56. The molecule has 156 valence electrons. The molecule has 0 unspecified atom stereocenters. The number of pyridine rings is 1. The van der Waals surface area contributed by atoms with Crippen LogP contribution in [0.25, 0.3) is 0 Å². The zero-order valence-electron chi connectivity index (χ0n) is 16.4. The minimum absolute atomic E-state index is 0. The molecule has 1 amide bonds. The summed E-state index contributed by atoms with van der Waals surface area (Å²) in [6.07, 6.45) is 4.56. The van der Waals surface area contributed by atoms with Gasteiger partial charge in [0, 0.05) is 37.4 Å². The summed E-state index contributed by atoms with van der Waals surface area (Å²) in [7, 11) is 0. The van der Waals surface area contributed by atoms with Gasteiger partial charge in [-0.05, 0) is 37.0 Å². The smallest absolute Gasteiger partial charge is 0.272 e. The lowest BCUT2D eigenvalue weighted by atomic mass is 9.89. The maximum absolute atomic E-state index is 12.8. The number of rotatable bonds is 4. The van der Waals surface area contributed by atoms with Crippen molar-refractivity contribution >= 4 is 29.9 Å². The highest BCUT2D eigenvalue weighted by molar-refractivity contribution is 6.30. The van der Waals surface area contributed by atoms with E-state index in [9.17, 15) is 4.79 Å².